The first kappa shape index (κ1) is 18.9. The molecule has 6 heteroatoms. The zero-order valence-corrected chi connectivity index (χ0v) is 15.8. The molecule has 0 bridgehead atoms. The maximum atomic E-state index is 12.9. The maximum Gasteiger partial charge on any atom is 0.248 e. The van der Waals surface area contributed by atoms with E-state index in [1.165, 1.54) is 18.2 Å². The van der Waals surface area contributed by atoms with E-state index < -0.39 is 0 Å². The molecule has 2 amide bonds. The highest BCUT2D eigenvalue weighted by Crippen LogP contribution is 2.28. The van der Waals surface area contributed by atoms with Gasteiger partial charge in [0.15, 0.2) is 0 Å². The Morgan fingerprint density at radius 3 is 2.35 bits per heavy atom. The summed E-state index contributed by atoms with van der Waals surface area (Å²) in [6.45, 7) is 6.14. The van der Waals surface area contributed by atoms with Crippen molar-refractivity contribution >= 4 is 11.8 Å². The number of hydrogen-bond donors (Lipinski definition) is 0. The van der Waals surface area contributed by atoms with Gasteiger partial charge >= 0.3 is 0 Å². The first-order chi connectivity index (χ1) is 12.6. The fourth-order valence-corrected chi connectivity index (χ4v) is 3.35. The average molecular weight is 359 g/mol. The number of ether oxygens (including phenoxy) is 1. The van der Waals surface area contributed by atoms with Crippen LogP contribution in [0.25, 0.3) is 0 Å². The zero-order valence-electron chi connectivity index (χ0n) is 15.8. The number of amides is 2. The SMILES string of the molecule is COCC(=O)N1CCN(CC(=O)N(Cc2ccc(C)cc2)C2CC2)CC1. The highest BCUT2D eigenvalue weighted by Gasteiger charge is 2.33. The Morgan fingerprint density at radius 1 is 1.12 bits per heavy atom. The van der Waals surface area contributed by atoms with Gasteiger partial charge in [-0.2, -0.15) is 0 Å². The average Bonchev–Trinajstić information content (AvgIpc) is 3.47. The van der Waals surface area contributed by atoms with E-state index in [-0.39, 0.29) is 18.4 Å². The lowest BCUT2D eigenvalue weighted by molar-refractivity contribution is -0.138. The van der Waals surface area contributed by atoms with Gasteiger partial charge in [-0.05, 0) is 25.3 Å². The first-order valence-corrected chi connectivity index (χ1v) is 9.41. The largest absolute Gasteiger partial charge is 0.375 e. The van der Waals surface area contributed by atoms with Gasteiger partial charge in [-0.15, -0.1) is 0 Å². The first-order valence-electron chi connectivity index (χ1n) is 9.41. The van der Waals surface area contributed by atoms with Crippen molar-refractivity contribution in [2.75, 3.05) is 46.4 Å². The molecule has 2 aliphatic rings. The van der Waals surface area contributed by atoms with Gasteiger partial charge in [0.25, 0.3) is 0 Å². The second-order valence-electron chi connectivity index (χ2n) is 7.33. The highest BCUT2D eigenvalue weighted by atomic mass is 16.5. The Kier molecular flexibility index (Phi) is 6.27. The highest BCUT2D eigenvalue weighted by molar-refractivity contribution is 5.79. The van der Waals surface area contributed by atoms with Crippen molar-refractivity contribution in [3.8, 4) is 0 Å². The summed E-state index contributed by atoms with van der Waals surface area (Å²) >= 11 is 0. The van der Waals surface area contributed by atoms with Crippen LogP contribution in [0.4, 0.5) is 0 Å². The van der Waals surface area contributed by atoms with E-state index in [0.717, 1.165) is 25.9 Å². The third kappa shape index (κ3) is 5.05. The summed E-state index contributed by atoms with van der Waals surface area (Å²) in [6.07, 6.45) is 2.22. The van der Waals surface area contributed by atoms with Crippen LogP contribution in [-0.4, -0.2) is 79.0 Å². The molecule has 0 radical (unpaired) electrons. The van der Waals surface area contributed by atoms with Crippen LogP contribution in [0.3, 0.4) is 0 Å². The van der Waals surface area contributed by atoms with Gasteiger partial charge in [-0.3, -0.25) is 14.5 Å². The molecule has 6 nitrogen and oxygen atoms in total. The van der Waals surface area contributed by atoms with Crippen molar-refractivity contribution in [3.63, 3.8) is 0 Å². The molecule has 1 heterocycles. The van der Waals surface area contributed by atoms with Gasteiger partial charge in [0.1, 0.15) is 6.61 Å². The summed E-state index contributed by atoms with van der Waals surface area (Å²) in [5, 5.41) is 0. The molecule has 26 heavy (non-hydrogen) atoms. The minimum atomic E-state index is 0.0254. The molecule has 1 aromatic rings. The van der Waals surface area contributed by atoms with Gasteiger partial charge < -0.3 is 14.5 Å². The minimum Gasteiger partial charge on any atom is -0.375 e. The van der Waals surface area contributed by atoms with Crippen LogP contribution in [0.1, 0.15) is 24.0 Å². The van der Waals surface area contributed by atoms with E-state index in [4.69, 9.17) is 4.74 Å². The van der Waals surface area contributed by atoms with E-state index in [1.54, 1.807) is 0 Å². The van der Waals surface area contributed by atoms with E-state index in [2.05, 4.69) is 36.1 Å². The summed E-state index contributed by atoms with van der Waals surface area (Å²) < 4.78 is 4.91. The topological polar surface area (TPSA) is 53.1 Å². The molecule has 1 aliphatic carbocycles. The third-order valence-corrected chi connectivity index (χ3v) is 5.13. The van der Waals surface area contributed by atoms with Crippen LogP contribution in [0.5, 0.6) is 0 Å². The number of benzene rings is 1. The summed E-state index contributed by atoms with van der Waals surface area (Å²) in [7, 11) is 1.54. The van der Waals surface area contributed by atoms with Gasteiger partial charge in [-0.25, -0.2) is 0 Å². The molecule has 1 aliphatic heterocycles. The Labute approximate surface area is 155 Å². The third-order valence-electron chi connectivity index (χ3n) is 5.13. The molecular formula is C20H29N3O3. The lowest BCUT2D eigenvalue weighted by atomic mass is 10.1. The van der Waals surface area contributed by atoms with E-state index in [0.29, 0.717) is 32.2 Å². The number of carbonyl (C=O) groups excluding carboxylic acids is 2. The Hall–Kier alpha value is -1.92. The Balaban J connectivity index is 1.51. The summed E-state index contributed by atoms with van der Waals surface area (Å²) in [5.74, 6) is 0.224. The molecule has 1 saturated carbocycles. The van der Waals surface area contributed by atoms with Crippen LogP contribution in [0, 0.1) is 6.92 Å². The molecule has 1 aromatic carbocycles. The van der Waals surface area contributed by atoms with Crippen molar-refractivity contribution < 1.29 is 14.3 Å². The fraction of sp³-hybridized carbons (Fsp3) is 0.600. The predicted molar refractivity (Wildman–Crippen MR) is 99.6 cm³/mol. The number of carbonyl (C=O) groups is 2. The van der Waals surface area contributed by atoms with E-state index in [1.807, 2.05) is 9.80 Å². The zero-order chi connectivity index (χ0) is 18.5. The fourth-order valence-electron chi connectivity index (χ4n) is 3.35. The molecule has 0 atom stereocenters. The van der Waals surface area contributed by atoms with Crippen LogP contribution < -0.4 is 0 Å². The standard InChI is InChI=1S/C20H29N3O3/c1-16-3-5-17(6-4-16)13-23(18-7-8-18)19(24)14-21-9-11-22(12-10-21)20(25)15-26-2/h3-6,18H,7-15H2,1-2H3. The number of piperazine rings is 1. The van der Waals surface area contributed by atoms with Crippen LogP contribution in [0.2, 0.25) is 0 Å². The summed E-state index contributed by atoms with van der Waals surface area (Å²) in [6, 6.07) is 8.81. The van der Waals surface area contributed by atoms with Gasteiger partial charge in [0, 0.05) is 45.9 Å². The lowest BCUT2D eigenvalue weighted by Crippen LogP contribution is -2.52. The molecule has 3 rings (SSSR count). The van der Waals surface area contributed by atoms with Crippen molar-refractivity contribution in [3.05, 3.63) is 35.4 Å². The van der Waals surface area contributed by atoms with Gasteiger partial charge in [0.2, 0.25) is 11.8 Å². The number of rotatable bonds is 7. The van der Waals surface area contributed by atoms with Crippen molar-refractivity contribution in [2.24, 2.45) is 0 Å². The number of hydrogen-bond acceptors (Lipinski definition) is 4. The molecule has 0 aromatic heterocycles. The molecule has 0 unspecified atom stereocenters. The van der Waals surface area contributed by atoms with E-state index in [9.17, 15) is 9.59 Å². The van der Waals surface area contributed by atoms with E-state index >= 15 is 0 Å². The summed E-state index contributed by atoms with van der Waals surface area (Å²) in [5.41, 5.74) is 2.42. The van der Waals surface area contributed by atoms with Crippen molar-refractivity contribution in [1.29, 1.82) is 0 Å². The normalized spacial score (nSPS) is 18.0. The minimum absolute atomic E-state index is 0.0254. The second-order valence-corrected chi connectivity index (χ2v) is 7.33. The quantitative estimate of drug-likeness (QED) is 0.736. The number of methoxy groups -OCH3 is 1. The Morgan fingerprint density at radius 2 is 1.77 bits per heavy atom. The predicted octanol–water partition coefficient (Wildman–Crippen LogP) is 1.28. The molecule has 142 valence electrons. The number of nitrogens with zero attached hydrogens (tertiary/aromatic N) is 3. The van der Waals surface area contributed by atoms with Crippen molar-refractivity contribution in [2.45, 2.75) is 32.4 Å². The Bertz CT molecular complexity index is 620. The number of aryl methyl sites for hydroxylation is 1. The maximum absolute atomic E-state index is 12.9. The van der Waals surface area contributed by atoms with Gasteiger partial charge in [0.05, 0.1) is 6.54 Å². The van der Waals surface area contributed by atoms with Crippen LogP contribution in [-0.2, 0) is 20.9 Å². The smallest absolute Gasteiger partial charge is 0.248 e. The molecule has 2 fully saturated rings. The monoisotopic (exact) mass is 359 g/mol. The second kappa shape index (κ2) is 8.64. The summed E-state index contributed by atoms with van der Waals surface area (Å²) in [4.78, 5) is 30.7. The van der Waals surface area contributed by atoms with Crippen LogP contribution in [0.15, 0.2) is 24.3 Å². The van der Waals surface area contributed by atoms with Crippen LogP contribution >= 0.6 is 0 Å². The lowest BCUT2D eigenvalue weighted by Gasteiger charge is -2.35. The van der Waals surface area contributed by atoms with Gasteiger partial charge in [-0.1, -0.05) is 29.8 Å². The molecular weight excluding hydrogens is 330 g/mol. The molecule has 1 saturated heterocycles. The molecule has 0 spiro atoms. The molecule has 0 N–H and O–H groups in total. The van der Waals surface area contributed by atoms with Crippen molar-refractivity contribution in [1.82, 2.24) is 14.7 Å².